The van der Waals surface area contributed by atoms with Crippen molar-refractivity contribution in [2.75, 3.05) is 5.32 Å². The fraction of sp³-hybridized carbons (Fsp3) is 0.304. The number of hydrogen-bond acceptors (Lipinski definition) is 3. The number of pyridine rings is 1. The maximum absolute atomic E-state index is 12.9. The van der Waals surface area contributed by atoms with Crippen molar-refractivity contribution in [3.8, 4) is 5.75 Å². The molecule has 0 fully saturated rings. The zero-order valence-corrected chi connectivity index (χ0v) is 19.3. The van der Waals surface area contributed by atoms with Crippen LogP contribution in [0, 0.1) is 0 Å². The van der Waals surface area contributed by atoms with Gasteiger partial charge in [-0.3, -0.25) is 9.59 Å². The fourth-order valence-corrected chi connectivity index (χ4v) is 3.75. The zero-order valence-electron chi connectivity index (χ0n) is 17.2. The smallest absolute Gasteiger partial charge is 0.261 e. The number of rotatable bonds is 3. The third-order valence-electron chi connectivity index (χ3n) is 4.87. The van der Waals surface area contributed by atoms with Crippen LogP contribution >= 0.6 is 22.6 Å². The van der Waals surface area contributed by atoms with Crippen LogP contribution in [0.25, 0.3) is 10.9 Å². The summed E-state index contributed by atoms with van der Waals surface area (Å²) in [6.07, 6.45) is 1.43. The molecule has 0 aliphatic carbocycles. The van der Waals surface area contributed by atoms with Crippen LogP contribution in [0.2, 0.25) is 0 Å². The van der Waals surface area contributed by atoms with Gasteiger partial charge < -0.3 is 15.4 Å². The first-order valence-electron chi connectivity index (χ1n) is 9.38. The van der Waals surface area contributed by atoms with Crippen LogP contribution in [0.5, 0.6) is 5.75 Å². The second kappa shape index (κ2) is 7.48. The highest BCUT2D eigenvalue weighted by Crippen LogP contribution is 2.42. The summed E-state index contributed by atoms with van der Waals surface area (Å²) < 4.78 is -0.278. The second-order valence-electron chi connectivity index (χ2n) is 8.67. The van der Waals surface area contributed by atoms with Gasteiger partial charge in [0.2, 0.25) is 5.43 Å². The topological polar surface area (TPSA) is 82.2 Å². The van der Waals surface area contributed by atoms with Gasteiger partial charge in [-0.25, -0.2) is 0 Å². The Morgan fingerprint density at radius 3 is 2.34 bits per heavy atom. The number of nitrogens with one attached hydrogen (secondary N) is 2. The molecule has 29 heavy (non-hydrogen) atoms. The predicted molar refractivity (Wildman–Crippen MR) is 126 cm³/mol. The normalized spacial score (nSPS) is 12.2. The van der Waals surface area contributed by atoms with Crippen molar-refractivity contribution in [2.45, 2.75) is 43.5 Å². The number of para-hydroxylation sites is 1. The molecule has 0 saturated heterocycles. The number of carbonyl (C=O) groups excluding carboxylic acids is 1. The molecule has 3 rings (SSSR count). The Bertz CT molecular complexity index is 1150. The average Bonchev–Trinajstić information content (AvgIpc) is 2.60. The second-order valence-corrected chi connectivity index (χ2v) is 11.4. The van der Waals surface area contributed by atoms with Crippen molar-refractivity contribution < 1.29 is 9.90 Å². The Morgan fingerprint density at radius 1 is 1.07 bits per heavy atom. The van der Waals surface area contributed by atoms with Crippen molar-refractivity contribution in [1.29, 1.82) is 0 Å². The van der Waals surface area contributed by atoms with E-state index < -0.39 is 5.91 Å². The Morgan fingerprint density at radius 2 is 1.72 bits per heavy atom. The van der Waals surface area contributed by atoms with Crippen LogP contribution in [0.1, 0.15) is 56.1 Å². The van der Waals surface area contributed by atoms with Crippen LogP contribution in [-0.4, -0.2) is 16.0 Å². The van der Waals surface area contributed by atoms with E-state index in [-0.39, 0.29) is 25.6 Å². The molecule has 1 amide bonds. The maximum Gasteiger partial charge on any atom is 0.261 e. The molecule has 3 N–H and O–H groups in total. The third kappa shape index (κ3) is 4.32. The van der Waals surface area contributed by atoms with E-state index in [2.05, 4.69) is 32.9 Å². The molecule has 0 radical (unpaired) electrons. The number of hydrogen-bond donors (Lipinski definition) is 3. The van der Waals surface area contributed by atoms with Crippen molar-refractivity contribution in [1.82, 2.24) is 4.98 Å². The molecule has 0 bridgehead atoms. The number of aromatic nitrogens is 1. The van der Waals surface area contributed by atoms with Crippen molar-refractivity contribution in [3.05, 3.63) is 69.5 Å². The van der Waals surface area contributed by atoms with E-state index in [0.717, 1.165) is 11.1 Å². The lowest BCUT2D eigenvalue weighted by atomic mass is 9.83. The number of amides is 1. The number of halogens is 1. The number of fused-ring (bicyclic) bond motifs is 1. The van der Waals surface area contributed by atoms with E-state index in [0.29, 0.717) is 16.6 Å². The highest BCUT2D eigenvalue weighted by atomic mass is 127. The number of benzene rings is 2. The van der Waals surface area contributed by atoms with Gasteiger partial charge in [0.25, 0.3) is 5.91 Å². The summed E-state index contributed by atoms with van der Waals surface area (Å²) in [4.78, 5) is 28.7. The molecule has 1 heterocycles. The number of alkyl halides is 1. The highest BCUT2D eigenvalue weighted by Gasteiger charge is 2.27. The number of carbonyl (C=O) groups is 1. The molecular formula is C23H25IN2O3. The molecule has 6 heteroatoms. The van der Waals surface area contributed by atoms with Gasteiger partial charge in [-0.1, -0.05) is 55.5 Å². The van der Waals surface area contributed by atoms with E-state index in [1.165, 1.54) is 6.20 Å². The molecule has 5 nitrogen and oxygen atoms in total. The predicted octanol–water partition coefficient (Wildman–Crippen LogP) is 5.45. The van der Waals surface area contributed by atoms with Crippen LogP contribution < -0.4 is 10.7 Å². The molecule has 2 aromatic carbocycles. The van der Waals surface area contributed by atoms with Crippen molar-refractivity contribution >= 4 is 45.1 Å². The largest absolute Gasteiger partial charge is 0.508 e. The van der Waals surface area contributed by atoms with Crippen LogP contribution in [0.15, 0.2) is 47.4 Å². The molecule has 0 aliphatic heterocycles. The first-order chi connectivity index (χ1) is 13.4. The monoisotopic (exact) mass is 504 g/mol. The summed E-state index contributed by atoms with van der Waals surface area (Å²) >= 11 is 2.28. The molecule has 0 atom stereocenters. The van der Waals surface area contributed by atoms with Gasteiger partial charge in [-0.15, -0.1) is 0 Å². The molecule has 0 spiro atoms. The number of H-pyrrole nitrogens is 1. The van der Waals surface area contributed by atoms with E-state index in [9.17, 15) is 14.7 Å². The summed E-state index contributed by atoms with van der Waals surface area (Å²) in [5.74, 6) is -0.400. The molecule has 1 aromatic heterocycles. The number of aromatic hydroxyl groups is 1. The average molecular weight is 504 g/mol. The van der Waals surface area contributed by atoms with Gasteiger partial charge >= 0.3 is 0 Å². The summed E-state index contributed by atoms with van der Waals surface area (Å²) in [6, 6.07) is 10.6. The highest BCUT2D eigenvalue weighted by molar-refractivity contribution is 14.1. The Kier molecular flexibility index (Phi) is 5.51. The van der Waals surface area contributed by atoms with E-state index in [1.807, 2.05) is 46.8 Å². The summed E-state index contributed by atoms with van der Waals surface area (Å²) in [5, 5.41) is 13.9. The Labute approximate surface area is 183 Å². The number of phenols is 1. The molecule has 0 saturated carbocycles. The SMILES string of the molecule is CC(C)(C)c1cc(C(C)(C)I)c(O)cc1NC(=O)c1c[nH]c2ccccc2c1=O. The zero-order chi connectivity index (χ0) is 21.6. The molecule has 152 valence electrons. The van der Waals surface area contributed by atoms with Gasteiger partial charge in [0, 0.05) is 37.8 Å². The lowest BCUT2D eigenvalue weighted by Gasteiger charge is -2.27. The standard InChI is InChI=1S/C23H25IN2O3/c1-22(2,3)15-10-16(23(4,5)24)19(27)11-18(15)26-21(29)14-12-25-17-9-7-6-8-13(17)20(14)28/h6-12,27H,1-5H3,(H,25,28)(H,26,29). The van der Waals surface area contributed by atoms with Crippen LogP contribution in [0.3, 0.4) is 0 Å². The van der Waals surface area contributed by atoms with Gasteiger partial charge in [0.1, 0.15) is 11.3 Å². The van der Waals surface area contributed by atoms with Crippen LogP contribution in [-0.2, 0) is 8.84 Å². The minimum Gasteiger partial charge on any atom is -0.508 e. The van der Waals surface area contributed by atoms with Gasteiger partial charge in [-0.05, 0) is 43.0 Å². The first-order valence-corrected chi connectivity index (χ1v) is 10.5. The van der Waals surface area contributed by atoms with Gasteiger partial charge in [-0.2, -0.15) is 0 Å². The van der Waals surface area contributed by atoms with Gasteiger partial charge in [0.15, 0.2) is 0 Å². The lowest BCUT2D eigenvalue weighted by Crippen LogP contribution is -2.24. The third-order valence-corrected chi connectivity index (χ3v) is 5.45. The summed E-state index contributed by atoms with van der Waals surface area (Å²) in [6.45, 7) is 10.2. The molecular weight excluding hydrogens is 479 g/mol. The molecule has 0 unspecified atom stereocenters. The minimum absolute atomic E-state index is 0.0290. The van der Waals surface area contributed by atoms with Crippen LogP contribution in [0.4, 0.5) is 5.69 Å². The first kappa shape index (κ1) is 21.4. The van der Waals surface area contributed by atoms with Crippen molar-refractivity contribution in [3.63, 3.8) is 0 Å². The van der Waals surface area contributed by atoms with E-state index in [1.54, 1.807) is 24.3 Å². The Balaban J connectivity index is 2.08. The van der Waals surface area contributed by atoms with Crippen molar-refractivity contribution in [2.24, 2.45) is 0 Å². The maximum atomic E-state index is 12.9. The van der Waals surface area contributed by atoms with E-state index in [4.69, 9.17) is 0 Å². The number of phenolic OH excluding ortho intramolecular Hbond substituents is 1. The number of aromatic amines is 1. The summed E-state index contributed by atoms with van der Waals surface area (Å²) in [5.41, 5.74) is 2.28. The number of anilines is 1. The summed E-state index contributed by atoms with van der Waals surface area (Å²) in [7, 11) is 0. The molecule has 0 aliphatic rings. The lowest BCUT2D eigenvalue weighted by molar-refractivity contribution is 0.102. The minimum atomic E-state index is -0.511. The van der Waals surface area contributed by atoms with E-state index >= 15 is 0 Å². The quantitative estimate of drug-likeness (QED) is 0.328. The van der Waals surface area contributed by atoms with Gasteiger partial charge in [0.05, 0.1) is 0 Å². The molecule has 3 aromatic rings. The Hall–Kier alpha value is -2.35. The fourth-order valence-electron chi connectivity index (χ4n) is 3.31.